The number of hydrogen-bond acceptors (Lipinski definition) is 2. The summed E-state index contributed by atoms with van der Waals surface area (Å²) in [6.45, 7) is 4.59. The van der Waals surface area contributed by atoms with Crippen LogP contribution in [0.1, 0.15) is 56.6 Å². The molecule has 0 bridgehead atoms. The Morgan fingerprint density at radius 1 is 1.16 bits per heavy atom. The zero-order chi connectivity index (χ0) is 13.2. The molecular weight excluding hydrogens is 232 g/mol. The second kappa shape index (κ2) is 5.54. The highest BCUT2D eigenvalue weighted by Gasteiger charge is 2.31. The van der Waals surface area contributed by atoms with Gasteiger partial charge in [-0.15, -0.1) is 0 Å². The second-order valence-electron chi connectivity index (χ2n) is 6.31. The maximum absolute atomic E-state index is 5.91. The van der Waals surface area contributed by atoms with E-state index in [2.05, 4.69) is 24.0 Å². The lowest BCUT2D eigenvalue weighted by Gasteiger charge is -2.36. The van der Waals surface area contributed by atoms with E-state index in [9.17, 15) is 0 Å². The van der Waals surface area contributed by atoms with Crippen molar-refractivity contribution in [2.24, 2.45) is 5.92 Å². The lowest BCUT2D eigenvalue weighted by atomic mass is 9.82. The average Bonchev–Trinajstić information content (AvgIpc) is 2.83. The number of fused-ring (bicyclic) bond motifs is 1. The molecule has 1 aliphatic heterocycles. The van der Waals surface area contributed by atoms with Crippen molar-refractivity contribution in [1.29, 1.82) is 0 Å². The van der Waals surface area contributed by atoms with Gasteiger partial charge >= 0.3 is 0 Å². The molecular formula is C17H26N2. The quantitative estimate of drug-likeness (QED) is 0.832. The fraction of sp³-hybridized carbons (Fsp3) is 0.647. The van der Waals surface area contributed by atoms with Crippen LogP contribution in [0.2, 0.25) is 0 Å². The Kier molecular flexibility index (Phi) is 3.79. The van der Waals surface area contributed by atoms with E-state index in [1.165, 1.54) is 49.7 Å². The molecule has 2 N–H and O–H groups in total. The first kappa shape index (κ1) is 13.0. The van der Waals surface area contributed by atoms with Crippen molar-refractivity contribution in [3.8, 4) is 0 Å². The zero-order valence-electron chi connectivity index (χ0n) is 12.1. The molecule has 104 valence electrons. The maximum atomic E-state index is 5.91. The number of benzene rings is 1. The molecule has 1 aromatic carbocycles. The molecule has 1 unspecified atom stereocenters. The Bertz CT molecular complexity index is 435. The maximum Gasteiger partial charge on any atom is 0.0317 e. The molecule has 1 fully saturated rings. The standard InChI is InChI=1S/C17H26N2/c1-2-17(13-6-4-3-5-7-13)19-11-14-8-9-16(18)10-15(14)12-19/h8-10,13,17H,2-7,11-12,18H2,1H3. The van der Waals surface area contributed by atoms with Crippen molar-refractivity contribution in [2.45, 2.75) is 64.6 Å². The highest BCUT2D eigenvalue weighted by atomic mass is 15.2. The minimum absolute atomic E-state index is 0.772. The van der Waals surface area contributed by atoms with E-state index >= 15 is 0 Å². The Morgan fingerprint density at radius 3 is 2.63 bits per heavy atom. The fourth-order valence-electron chi connectivity index (χ4n) is 4.08. The average molecular weight is 258 g/mol. The van der Waals surface area contributed by atoms with Crippen LogP contribution in [0.15, 0.2) is 18.2 Å². The Hall–Kier alpha value is -1.02. The first-order valence-corrected chi connectivity index (χ1v) is 7.89. The SMILES string of the molecule is CCC(C1CCCCC1)N1Cc2ccc(N)cc2C1. The molecule has 2 heteroatoms. The van der Waals surface area contributed by atoms with E-state index in [0.29, 0.717) is 0 Å². The van der Waals surface area contributed by atoms with E-state index in [1.807, 2.05) is 6.07 Å². The molecule has 1 aromatic rings. The van der Waals surface area contributed by atoms with Gasteiger partial charge in [0.05, 0.1) is 0 Å². The molecule has 0 aromatic heterocycles. The van der Waals surface area contributed by atoms with Crippen molar-refractivity contribution in [3.05, 3.63) is 29.3 Å². The minimum Gasteiger partial charge on any atom is -0.399 e. The van der Waals surface area contributed by atoms with Crippen LogP contribution >= 0.6 is 0 Å². The summed E-state index contributed by atoms with van der Waals surface area (Å²) in [4.78, 5) is 2.69. The van der Waals surface area contributed by atoms with Crippen molar-refractivity contribution in [2.75, 3.05) is 5.73 Å². The summed E-state index contributed by atoms with van der Waals surface area (Å²) in [6.07, 6.45) is 8.49. The van der Waals surface area contributed by atoms with Gasteiger partial charge in [0, 0.05) is 24.8 Å². The first-order chi connectivity index (χ1) is 9.28. The number of nitrogen functional groups attached to an aromatic ring is 1. The van der Waals surface area contributed by atoms with Gasteiger partial charge in [-0.2, -0.15) is 0 Å². The number of anilines is 1. The van der Waals surface area contributed by atoms with Crippen LogP contribution in [0.3, 0.4) is 0 Å². The molecule has 0 spiro atoms. The van der Waals surface area contributed by atoms with Gasteiger partial charge in [0.15, 0.2) is 0 Å². The molecule has 1 saturated carbocycles. The van der Waals surface area contributed by atoms with Gasteiger partial charge in [-0.05, 0) is 48.4 Å². The monoisotopic (exact) mass is 258 g/mol. The third kappa shape index (κ3) is 2.64. The van der Waals surface area contributed by atoms with Gasteiger partial charge in [-0.25, -0.2) is 0 Å². The predicted octanol–water partition coefficient (Wildman–Crippen LogP) is 3.94. The van der Waals surface area contributed by atoms with E-state index in [1.54, 1.807) is 0 Å². The van der Waals surface area contributed by atoms with E-state index in [0.717, 1.165) is 30.7 Å². The molecule has 1 atom stereocenters. The van der Waals surface area contributed by atoms with Crippen molar-refractivity contribution < 1.29 is 0 Å². The lowest BCUT2D eigenvalue weighted by Crippen LogP contribution is -2.37. The summed E-state index contributed by atoms with van der Waals surface area (Å²) < 4.78 is 0. The molecule has 19 heavy (non-hydrogen) atoms. The van der Waals surface area contributed by atoms with E-state index < -0.39 is 0 Å². The van der Waals surface area contributed by atoms with Crippen LogP contribution in [0.5, 0.6) is 0 Å². The highest BCUT2D eigenvalue weighted by molar-refractivity contribution is 5.46. The van der Waals surface area contributed by atoms with Crippen molar-refractivity contribution in [1.82, 2.24) is 4.90 Å². The highest BCUT2D eigenvalue weighted by Crippen LogP contribution is 2.35. The van der Waals surface area contributed by atoms with E-state index in [4.69, 9.17) is 5.73 Å². The van der Waals surface area contributed by atoms with Crippen LogP contribution in [0, 0.1) is 5.92 Å². The molecule has 3 rings (SSSR count). The van der Waals surface area contributed by atoms with Crippen LogP contribution in [0.4, 0.5) is 5.69 Å². The molecule has 0 saturated heterocycles. The summed E-state index contributed by atoms with van der Waals surface area (Å²) in [5, 5.41) is 0. The summed E-state index contributed by atoms with van der Waals surface area (Å²) >= 11 is 0. The topological polar surface area (TPSA) is 29.3 Å². The van der Waals surface area contributed by atoms with Crippen molar-refractivity contribution in [3.63, 3.8) is 0 Å². The Balaban J connectivity index is 1.72. The second-order valence-corrected chi connectivity index (χ2v) is 6.31. The van der Waals surface area contributed by atoms with Gasteiger partial charge in [0.1, 0.15) is 0 Å². The molecule has 0 amide bonds. The summed E-state index contributed by atoms with van der Waals surface area (Å²) in [5.41, 5.74) is 9.76. The van der Waals surface area contributed by atoms with Crippen LogP contribution < -0.4 is 5.73 Å². The van der Waals surface area contributed by atoms with Crippen molar-refractivity contribution >= 4 is 5.69 Å². The Labute approximate surface area is 117 Å². The summed E-state index contributed by atoms with van der Waals surface area (Å²) in [5.74, 6) is 0.922. The van der Waals surface area contributed by atoms with E-state index in [-0.39, 0.29) is 0 Å². The summed E-state index contributed by atoms with van der Waals surface area (Å²) in [7, 11) is 0. The normalized spacial score (nSPS) is 22.4. The molecule has 1 heterocycles. The fourth-order valence-corrected chi connectivity index (χ4v) is 4.08. The number of rotatable bonds is 3. The molecule has 2 aliphatic rings. The number of hydrogen-bond donors (Lipinski definition) is 1. The third-order valence-corrected chi connectivity index (χ3v) is 5.06. The minimum atomic E-state index is 0.772. The number of nitrogens with two attached hydrogens (primary N) is 1. The lowest BCUT2D eigenvalue weighted by molar-refractivity contribution is 0.111. The first-order valence-electron chi connectivity index (χ1n) is 7.89. The van der Waals surface area contributed by atoms with Gasteiger partial charge in [-0.1, -0.05) is 32.3 Å². The van der Waals surface area contributed by atoms with Gasteiger partial charge in [-0.3, -0.25) is 4.90 Å². The smallest absolute Gasteiger partial charge is 0.0317 e. The molecule has 1 aliphatic carbocycles. The zero-order valence-corrected chi connectivity index (χ0v) is 12.1. The molecule has 0 radical (unpaired) electrons. The van der Waals surface area contributed by atoms with Crippen LogP contribution in [-0.2, 0) is 13.1 Å². The molecule has 2 nitrogen and oxygen atoms in total. The Morgan fingerprint density at radius 2 is 1.89 bits per heavy atom. The van der Waals surface area contributed by atoms with Gasteiger partial charge in [0.25, 0.3) is 0 Å². The van der Waals surface area contributed by atoms with Crippen LogP contribution in [-0.4, -0.2) is 10.9 Å². The van der Waals surface area contributed by atoms with Crippen LogP contribution in [0.25, 0.3) is 0 Å². The predicted molar refractivity (Wildman–Crippen MR) is 80.8 cm³/mol. The van der Waals surface area contributed by atoms with Gasteiger partial charge < -0.3 is 5.73 Å². The third-order valence-electron chi connectivity index (χ3n) is 5.06. The number of nitrogens with zero attached hydrogens (tertiary/aromatic N) is 1. The largest absolute Gasteiger partial charge is 0.399 e. The summed E-state index contributed by atoms with van der Waals surface area (Å²) in [6, 6.07) is 7.21. The van der Waals surface area contributed by atoms with Gasteiger partial charge in [0.2, 0.25) is 0 Å².